The summed E-state index contributed by atoms with van der Waals surface area (Å²) in [5.41, 5.74) is 13.4. The molecule has 24 heavy (non-hydrogen) atoms. The molecule has 1 atom stereocenters. The van der Waals surface area contributed by atoms with Gasteiger partial charge in [0.05, 0.1) is 12.2 Å². The van der Waals surface area contributed by atoms with E-state index in [2.05, 4.69) is 11.4 Å². The van der Waals surface area contributed by atoms with E-state index in [4.69, 9.17) is 16.6 Å². The zero-order chi connectivity index (χ0) is 17.1. The van der Waals surface area contributed by atoms with E-state index in [1.165, 1.54) is 43.9 Å². The third-order valence-electron chi connectivity index (χ3n) is 3.42. The van der Waals surface area contributed by atoms with E-state index in [1.54, 1.807) is 0 Å². The van der Waals surface area contributed by atoms with Crippen molar-refractivity contribution < 1.29 is 47.7 Å². The number of phenolic OH excluding ortho intramolecular Hbond substituents is 1. The normalized spacial score (nSPS) is 18.0. The molecule has 0 aliphatic heterocycles. The number of aliphatic hydroxyl groups is 1. The van der Waals surface area contributed by atoms with Crippen LogP contribution in [0.25, 0.3) is 5.73 Å². The molecule has 1 aliphatic rings. The smallest absolute Gasteiger partial charge is 0.255 e. The Labute approximate surface area is 168 Å². The van der Waals surface area contributed by atoms with E-state index in [9.17, 15) is 9.90 Å². The fraction of sp³-hybridized carbons (Fsp3) is 0.471. The molecule has 0 bridgehead atoms. The maximum atomic E-state index is 11.3. The average Bonchev–Trinajstić information content (AvgIpc) is 2.49. The van der Waals surface area contributed by atoms with Crippen molar-refractivity contribution in [2.75, 3.05) is 18.9 Å². The number of aliphatic hydroxyl groups excluding tert-OH is 1. The molecule has 0 aromatic heterocycles. The van der Waals surface area contributed by atoms with Gasteiger partial charge in [0.25, 0.3) is 5.91 Å². The van der Waals surface area contributed by atoms with Gasteiger partial charge in [-0.2, -0.15) is 0 Å². The zero-order valence-corrected chi connectivity index (χ0v) is 16.7. The monoisotopic (exact) mass is 409 g/mol. The molecule has 1 amide bonds. The number of aromatic hydroxyl groups is 1. The van der Waals surface area contributed by atoms with Crippen molar-refractivity contribution in [3.63, 3.8) is 0 Å². The minimum atomic E-state index is -0.434. The van der Waals surface area contributed by atoms with E-state index < -0.39 is 5.91 Å². The Balaban J connectivity index is 0.000000460. The van der Waals surface area contributed by atoms with Crippen LogP contribution in [0, 0.1) is 0 Å². The number of hydrogen-bond acceptors (Lipinski definition) is 4. The van der Waals surface area contributed by atoms with Crippen LogP contribution in [-0.4, -0.2) is 35.3 Å². The average molecular weight is 409 g/mol. The van der Waals surface area contributed by atoms with E-state index in [-0.39, 0.29) is 63.2 Å². The van der Waals surface area contributed by atoms with E-state index in [0.717, 1.165) is 6.42 Å². The van der Waals surface area contributed by atoms with Crippen molar-refractivity contribution in [3.05, 3.63) is 41.6 Å². The third-order valence-corrected chi connectivity index (χ3v) is 3.42. The van der Waals surface area contributed by atoms with Gasteiger partial charge in [0.15, 0.2) is 0 Å². The van der Waals surface area contributed by atoms with Crippen LogP contribution in [0.5, 0.6) is 5.75 Å². The van der Waals surface area contributed by atoms with Gasteiger partial charge in [-0.15, -0.1) is 12.1 Å². The quantitative estimate of drug-likeness (QED) is 0.453. The van der Waals surface area contributed by atoms with Gasteiger partial charge >= 0.3 is 0 Å². The number of nitrogen functional groups attached to an aromatic ring is 1. The first-order chi connectivity index (χ1) is 11.0. The molecular formula is C17H26N3O3Y-. The van der Waals surface area contributed by atoms with Crippen LogP contribution in [-0.2, 0) is 32.7 Å². The van der Waals surface area contributed by atoms with Crippen LogP contribution in [0.3, 0.4) is 0 Å². The summed E-state index contributed by atoms with van der Waals surface area (Å²) in [6, 6.07) is 4.34. The Morgan fingerprint density at radius 3 is 2.75 bits per heavy atom. The van der Waals surface area contributed by atoms with Crippen LogP contribution in [0.2, 0.25) is 0 Å². The summed E-state index contributed by atoms with van der Waals surface area (Å²) >= 11 is 0. The number of amides is 1. The first-order valence-electron chi connectivity index (χ1n) is 7.90. The first-order valence-corrected chi connectivity index (χ1v) is 7.90. The minimum absolute atomic E-state index is 0. The van der Waals surface area contributed by atoms with Crippen molar-refractivity contribution in [2.24, 2.45) is 0 Å². The van der Waals surface area contributed by atoms with Gasteiger partial charge in [0, 0.05) is 51.0 Å². The van der Waals surface area contributed by atoms with Crippen LogP contribution in [0.15, 0.2) is 30.4 Å². The van der Waals surface area contributed by atoms with Crippen LogP contribution in [0.4, 0.5) is 5.69 Å². The number of phenols is 1. The second kappa shape index (κ2) is 13.4. The molecule has 0 saturated carbocycles. The van der Waals surface area contributed by atoms with Gasteiger partial charge in [-0.3, -0.25) is 4.79 Å². The maximum Gasteiger partial charge on any atom is 0.255 e. The first kappa shape index (κ1) is 23.1. The Morgan fingerprint density at radius 2 is 2.08 bits per heavy atom. The molecule has 1 unspecified atom stereocenters. The summed E-state index contributed by atoms with van der Waals surface area (Å²) in [5, 5.41) is 20.3. The van der Waals surface area contributed by atoms with E-state index in [0.29, 0.717) is 5.69 Å². The topological polar surface area (TPSA) is 119 Å². The molecule has 1 aromatic rings. The van der Waals surface area contributed by atoms with E-state index in [1.807, 2.05) is 6.08 Å². The molecule has 131 valence electrons. The van der Waals surface area contributed by atoms with Crippen molar-refractivity contribution in [2.45, 2.75) is 38.1 Å². The standard InChI is InChI=1S/C9H12N2O3.C8H14N.Y/c10-6-1-2-7(8(13)5-6)9(14)11-3-4-12;9-8-6-4-2-1-3-5-7-8;/h1-2,5,12-13H,3-4,10H2,(H,11,14);4,6,8-9H,1-3,5,7H2;/q;-1;/b;6-4-;. The fourth-order valence-corrected chi connectivity index (χ4v) is 2.17. The number of carbonyl (C=O) groups is 1. The van der Waals surface area contributed by atoms with Crippen molar-refractivity contribution in [1.29, 1.82) is 0 Å². The van der Waals surface area contributed by atoms with Crippen LogP contribution in [0.1, 0.15) is 42.5 Å². The SMILES string of the molecule is Nc1ccc(C(=O)NCCO)c(O)c1.[NH-]C1/C=C\CCCCC1.[Y]. The molecule has 1 aromatic carbocycles. The number of rotatable bonds is 3. The second-order valence-corrected chi connectivity index (χ2v) is 5.43. The number of nitrogens with one attached hydrogen (secondary N) is 2. The van der Waals surface area contributed by atoms with Crippen molar-refractivity contribution in [1.82, 2.24) is 5.32 Å². The second-order valence-electron chi connectivity index (χ2n) is 5.43. The molecular weight excluding hydrogens is 383 g/mol. The minimum Gasteiger partial charge on any atom is -0.671 e. The van der Waals surface area contributed by atoms with Crippen LogP contribution < -0.4 is 11.1 Å². The maximum absolute atomic E-state index is 11.3. The summed E-state index contributed by atoms with van der Waals surface area (Å²) in [7, 11) is 0. The molecule has 2 rings (SSSR count). The Bertz CT molecular complexity index is 524. The third kappa shape index (κ3) is 9.37. The van der Waals surface area contributed by atoms with Crippen molar-refractivity contribution >= 4 is 11.6 Å². The number of nitrogens with two attached hydrogens (primary N) is 1. The molecule has 1 radical (unpaired) electrons. The molecule has 0 saturated heterocycles. The Kier molecular flexibility index (Phi) is 12.8. The molecule has 1 aliphatic carbocycles. The Morgan fingerprint density at radius 1 is 1.33 bits per heavy atom. The number of hydrogen-bond donors (Lipinski definition) is 4. The van der Waals surface area contributed by atoms with Crippen molar-refractivity contribution in [3.8, 4) is 5.75 Å². The van der Waals surface area contributed by atoms with Crippen LogP contribution >= 0.6 is 0 Å². The van der Waals surface area contributed by atoms with Gasteiger partial charge < -0.3 is 27.0 Å². The number of benzene rings is 1. The summed E-state index contributed by atoms with van der Waals surface area (Å²) in [5.74, 6) is -0.600. The molecule has 0 fully saturated rings. The van der Waals surface area contributed by atoms with E-state index >= 15 is 0 Å². The summed E-state index contributed by atoms with van der Waals surface area (Å²) in [6.07, 6.45) is 10.3. The molecule has 0 spiro atoms. The van der Waals surface area contributed by atoms with Gasteiger partial charge in [0.2, 0.25) is 0 Å². The summed E-state index contributed by atoms with van der Waals surface area (Å²) < 4.78 is 0. The Hall–Kier alpha value is -0.946. The van der Waals surface area contributed by atoms with Gasteiger partial charge in [-0.1, -0.05) is 25.3 Å². The number of anilines is 1. The summed E-state index contributed by atoms with van der Waals surface area (Å²) in [4.78, 5) is 11.3. The predicted octanol–water partition coefficient (Wildman–Crippen LogP) is 2.62. The van der Waals surface area contributed by atoms with Gasteiger partial charge in [-0.05, 0) is 25.0 Å². The van der Waals surface area contributed by atoms with Gasteiger partial charge in [0.1, 0.15) is 5.75 Å². The number of carbonyl (C=O) groups excluding carboxylic acids is 1. The molecule has 7 heteroatoms. The molecule has 0 heterocycles. The molecule has 6 nitrogen and oxygen atoms in total. The molecule has 6 N–H and O–H groups in total. The van der Waals surface area contributed by atoms with Gasteiger partial charge in [-0.25, -0.2) is 0 Å². The predicted molar refractivity (Wildman–Crippen MR) is 92.3 cm³/mol. The number of allylic oxidation sites excluding steroid dienone is 1. The zero-order valence-electron chi connectivity index (χ0n) is 13.9. The summed E-state index contributed by atoms with van der Waals surface area (Å²) in [6.45, 7) is 0.0180. The largest absolute Gasteiger partial charge is 0.671 e. The fourth-order valence-electron chi connectivity index (χ4n) is 2.17.